The average molecular weight is 1170 g/mol. The summed E-state index contributed by atoms with van der Waals surface area (Å²) in [6.45, 7) is 42.8. The second kappa shape index (κ2) is 19.8. The molecule has 2 aliphatic carbocycles. The number of thiophene rings is 1. The topological polar surface area (TPSA) is 9.72 Å². The van der Waals surface area contributed by atoms with Crippen LogP contribution >= 0.6 is 11.3 Å². The zero-order valence-corrected chi connectivity index (χ0v) is 56.6. The van der Waals surface area contributed by atoms with Gasteiger partial charge in [-0.3, -0.25) is 0 Å². The zero-order chi connectivity index (χ0) is 62.2. The van der Waals surface area contributed by atoms with Crippen molar-refractivity contribution in [2.24, 2.45) is 0 Å². The molecule has 2 aliphatic heterocycles. The zero-order valence-electron chi connectivity index (χ0n) is 55.8. The minimum atomic E-state index is -0.159. The Labute approximate surface area is 531 Å². The van der Waals surface area contributed by atoms with Crippen LogP contribution in [0.5, 0.6) is 0 Å². The smallest absolute Gasteiger partial charge is 0.333 e. The van der Waals surface area contributed by atoms with Gasteiger partial charge in [-0.1, -0.05) is 203 Å². The van der Waals surface area contributed by atoms with Crippen molar-refractivity contribution in [1.82, 2.24) is 0 Å². The molecule has 9 aromatic carbocycles. The molecule has 0 radical (unpaired) electrons. The van der Waals surface area contributed by atoms with Crippen LogP contribution in [-0.2, 0) is 37.9 Å². The van der Waals surface area contributed by atoms with Crippen molar-refractivity contribution >= 4 is 94.8 Å². The molecule has 14 rings (SSSR count). The molecule has 3 nitrogen and oxygen atoms in total. The number of hydrogen-bond acceptors (Lipinski definition) is 4. The van der Waals surface area contributed by atoms with Crippen LogP contribution in [0.15, 0.2) is 170 Å². The molecule has 0 unspecified atom stereocenters. The lowest BCUT2D eigenvalue weighted by molar-refractivity contribution is 0.332. The van der Waals surface area contributed by atoms with Crippen LogP contribution in [0.3, 0.4) is 0 Å². The standard InChI is InChI=1S/C83H90BN3S/c1-51-44-64-62-47-58(85(56-29-24-53(25-30-56)77(2,3)4)57-31-26-54(27-32-57)78(5,6)7)34-39-71(62)87(59-33-36-65-66(48-59)81(13,14)41-40-80(65,11)12)84-69-37-35-60-63-49-67-68(83(17,18)43-42-82(67,15)16)50-73(63)88-76(60)75(69)86(72(45-51)74(64)84)70-38-28-55(79(8,9)10)46-61(70)52-22-20-19-21-23-52/h19-39,44-50H,40-43H2,1-18H3. The summed E-state index contributed by atoms with van der Waals surface area (Å²) in [5, 5.41) is 2.71. The second-order valence-electron chi connectivity index (χ2n) is 32.5. The van der Waals surface area contributed by atoms with Crippen molar-refractivity contribution in [3.63, 3.8) is 0 Å². The van der Waals surface area contributed by atoms with E-state index in [2.05, 4.69) is 309 Å². The summed E-state index contributed by atoms with van der Waals surface area (Å²) >= 11 is 2.01. The van der Waals surface area contributed by atoms with Crippen LogP contribution in [0.25, 0.3) is 42.4 Å². The molecule has 0 saturated carbocycles. The van der Waals surface area contributed by atoms with Crippen LogP contribution < -0.4 is 25.5 Å². The fourth-order valence-corrected chi connectivity index (χ4v) is 16.8. The maximum atomic E-state index is 2.78. The summed E-state index contributed by atoms with van der Waals surface area (Å²) in [6, 6.07) is 67.6. The van der Waals surface area contributed by atoms with E-state index in [4.69, 9.17) is 0 Å². The Bertz CT molecular complexity index is 4400. The third kappa shape index (κ3) is 9.40. The SMILES string of the molecule is Cc1cc2c3c(c1)N(c1ccc(C(C)(C)C)cc1-c1ccccc1)c1c(ccc4c1sc1cc5c(cc14)C(C)(C)CCC5(C)C)B3N(c1ccc3c(c1)C(C)(C)CCC3(C)C)c1ccc(N(c3ccc(C(C)(C)C)cc3)c3ccc(C(C)(C)C)cc3)cc1-2. The molecule has 0 fully saturated rings. The van der Waals surface area contributed by atoms with Gasteiger partial charge in [0, 0.05) is 60.7 Å². The van der Waals surface area contributed by atoms with Gasteiger partial charge in [-0.25, -0.2) is 0 Å². The summed E-state index contributed by atoms with van der Waals surface area (Å²) in [6.07, 6.45) is 4.68. The van der Waals surface area contributed by atoms with E-state index in [-0.39, 0.29) is 44.8 Å². The van der Waals surface area contributed by atoms with E-state index < -0.39 is 0 Å². The quantitative estimate of drug-likeness (QED) is 0.154. The number of benzene rings is 9. The molecular weight excluding hydrogens is 1080 g/mol. The van der Waals surface area contributed by atoms with Crippen molar-refractivity contribution < 1.29 is 0 Å². The van der Waals surface area contributed by atoms with Crippen LogP contribution in [-0.4, -0.2) is 6.85 Å². The molecule has 5 heteroatoms. The van der Waals surface area contributed by atoms with E-state index in [1.807, 2.05) is 11.3 Å². The van der Waals surface area contributed by atoms with E-state index in [0.29, 0.717) is 0 Å². The highest BCUT2D eigenvalue weighted by Gasteiger charge is 2.48. The Morgan fingerprint density at radius 1 is 0.432 bits per heavy atom. The first-order valence-electron chi connectivity index (χ1n) is 32.7. The highest BCUT2D eigenvalue weighted by atomic mass is 32.1. The van der Waals surface area contributed by atoms with Crippen LogP contribution in [0.4, 0.5) is 45.5 Å². The lowest BCUT2D eigenvalue weighted by Gasteiger charge is -2.47. The van der Waals surface area contributed by atoms with Crippen LogP contribution in [0.1, 0.15) is 188 Å². The van der Waals surface area contributed by atoms with Gasteiger partial charge in [-0.2, -0.15) is 0 Å². The third-order valence-corrected chi connectivity index (χ3v) is 22.5. The molecule has 0 bridgehead atoms. The fraction of sp³-hybridized carbons (Fsp3) is 0.349. The number of fused-ring (bicyclic) bond motifs is 10. The molecule has 0 N–H and O–H groups in total. The van der Waals surface area contributed by atoms with Gasteiger partial charge in [-0.15, -0.1) is 11.3 Å². The largest absolute Gasteiger partial charge is 0.376 e. The summed E-state index contributed by atoms with van der Waals surface area (Å²) < 4.78 is 2.72. The summed E-state index contributed by atoms with van der Waals surface area (Å²) in [7, 11) is 0. The van der Waals surface area contributed by atoms with Gasteiger partial charge < -0.3 is 14.6 Å². The molecule has 446 valence electrons. The first kappa shape index (κ1) is 58.4. The van der Waals surface area contributed by atoms with E-state index in [0.717, 1.165) is 23.5 Å². The summed E-state index contributed by atoms with van der Waals surface area (Å²) in [5.74, 6) is 0. The molecule has 0 saturated heterocycles. The van der Waals surface area contributed by atoms with Crippen molar-refractivity contribution in [3.05, 3.63) is 214 Å². The Kier molecular flexibility index (Phi) is 13.2. The maximum absolute atomic E-state index is 2.78. The van der Waals surface area contributed by atoms with Crippen molar-refractivity contribution in [1.29, 1.82) is 0 Å². The van der Waals surface area contributed by atoms with Gasteiger partial charge in [0.1, 0.15) is 0 Å². The van der Waals surface area contributed by atoms with Gasteiger partial charge in [0.2, 0.25) is 0 Å². The summed E-state index contributed by atoms with van der Waals surface area (Å²) in [5.41, 5.74) is 28.7. The van der Waals surface area contributed by atoms with Gasteiger partial charge in [0.25, 0.3) is 0 Å². The van der Waals surface area contributed by atoms with Crippen molar-refractivity contribution in [2.75, 3.05) is 14.6 Å². The monoisotopic (exact) mass is 1170 g/mol. The highest BCUT2D eigenvalue weighted by molar-refractivity contribution is 7.26. The lowest BCUT2D eigenvalue weighted by Crippen LogP contribution is -2.61. The predicted octanol–water partition coefficient (Wildman–Crippen LogP) is 22.8. The Morgan fingerprint density at radius 2 is 0.966 bits per heavy atom. The van der Waals surface area contributed by atoms with E-state index >= 15 is 0 Å². The molecule has 1 aromatic heterocycles. The second-order valence-corrected chi connectivity index (χ2v) is 33.5. The van der Waals surface area contributed by atoms with Crippen LogP contribution in [0.2, 0.25) is 0 Å². The van der Waals surface area contributed by atoms with Gasteiger partial charge in [0.15, 0.2) is 0 Å². The van der Waals surface area contributed by atoms with E-state index in [1.54, 1.807) is 0 Å². The van der Waals surface area contributed by atoms with Crippen LogP contribution in [0, 0.1) is 6.92 Å². The highest BCUT2D eigenvalue weighted by Crippen LogP contribution is 2.56. The first-order chi connectivity index (χ1) is 41.4. The number of aryl methyl sites for hydroxylation is 1. The maximum Gasteiger partial charge on any atom is 0.333 e. The van der Waals surface area contributed by atoms with Crippen molar-refractivity contribution in [3.8, 4) is 22.3 Å². The third-order valence-electron chi connectivity index (χ3n) is 21.3. The molecular formula is C83H90BN3S. The molecule has 0 atom stereocenters. The normalized spacial score (nSPS) is 17.1. The molecule has 10 aromatic rings. The van der Waals surface area contributed by atoms with Gasteiger partial charge in [0.05, 0.1) is 16.1 Å². The minimum absolute atomic E-state index is 0.00889. The molecule has 0 amide bonds. The number of rotatable bonds is 6. The molecule has 0 spiro atoms. The van der Waals surface area contributed by atoms with E-state index in [9.17, 15) is 0 Å². The predicted molar refractivity (Wildman–Crippen MR) is 385 cm³/mol. The van der Waals surface area contributed by atoms with Gasteiger partial charge >= 0.3 is 6.85 Å². The van der Waals surface area contributed by atoms with Crippen molar-refractivity contribution in [2.45, 2.75) is 188 Å². The van der Waals surface area contributed by atoms with Gasteiger partial charge in [-0.05, 0) is 222 Å². The molecule has 88 heavy (non-hydrogen) atoms. The number of hydrogen-bond donors (Lipinski definition) is 0. The lowest BCUT2D eigenvalue weighted by atomic mass is 9.43. The fourth-order valence-electron chi connectivity index (χ4n) is 15.6. The average Bonchev–Trinajstić information content (AvgIpc) is 1.06. The first-order valence-corrected chi connectivity index (χ1v) is 33.5. The molecule has 4 aliphatic rings. The Morgan fingerprint density at radius 3 is 1.56 bits per heavy atom. The molecule has 3 heterocycles. The Hall–Kier alpha value is -7.34. The Balaban J connectivity index is 1.10. The number of nitrogens with zero attached hydrogens (tertiary/aromatic N) is 3. The number of anilines is 8. The minimum Gasteiger partial charge on any atom is -0.376 e. The summed E-state index contributed by atoms with van der Waals surface area (Å²) in [4.78, 5) is 8.01. The van der Waals surface area contributed by atoms with E-state index in [1.165, 1.54) is 146 Å².